The van der Waals surface area contributed by atoms with E-state index in [2.05, 4.69) is 85.7 Å². The number of rotatable bonds is 4. The Morgan fingerprint density at radius 1 is 1.29 bits per heavy atom. The molecule has 0 spiro atoms. The van der Waals surface area contributed by atoms with E-state index >= 15 is 0 Å². The van der Waals surface area contributed by atoms with Gasteiger partial charge in [0.25, 0.3) is 10.0 Å². The quantitative estimate of drug-likeness (QED) is 0.434. The summed E-state index contributed by atoms with van der Waals surface area (Å²) in [6.07, 6.45) is 0. The van der Waals surface area contributed by atoms with Gasteiger partial charge in [0.05, 0.1) is 0 Å². The van der Waals surface area contributed by atoms with E-state index in [0.29, 0.717) is 5.70 Å². The standard InChI is InChI=1S/C10H8I3NO2S/c1-3-17(15,16)14-6(2)8-4-7(11)5-9(12)10(8)13/h3-5,14H,1-2H2. The first-order chi connectivity index (χ1) is 7.76. The van der Waals surface area contributed by atoms with Crippen LogP contribution in [0.15, 0.2) is 30.7 Å². The Balaban J connectivity index is 3.18. The Morgan fingerprint density at radius 2 is 1.88 bits per heavy atom. The van der Waals surface area contributed by atoms with Gasteiger partial charge >= 0.3 is 0 Å². The highest BCUT2D eigenvalue weighted by molar-refractivity contribution is 14.1. The molecule has 1 aromatic carbocycles. The number of halogens is 3. The van der Waals surface area contributed by atoms with Gasteiger partial charge in [0.2, 0.25) is 0 Å². The van der Waals surface area contributed by atoms with E-state index in [0.717, 1.165) is 21.7 Å². The predicted molar refractivity (Wildman–Crippen MR) is 95.9 cm³/mol. The lowest BCUT2D eigenvalue weighted by atomic mass is 10.2. The molecule has 7 heteroatoms. The molecule has 3 nitrogen and oxygen atoms in total. The van der Waals surface area contributed by atoms with Crippen LogP contribution < -0.4 is 4.72 Å². The molecule has 0 aliphatic rings. The van der Waals surface area contributed by atoms with Crippen molar-refractivity contribution in [2.75, 3.05) is 0 Å². The van der Waals surface area contributed by atoms with Gasteiger partial charge < -0.3 is 0 Å². The van der Waals surface area contributed by atoms with Gasteiger partial charge in [-0.15, -0.1) is 0 Å². The summed E-state index contributed by atoms with van der Waals surface area (Å²) in [6.45, 7) is 6.99. The highest BCUT2D eigenvalue weighted by atomic mass is 127. The zero-order valence-corrected chi connectivity index (χ0v) is 15.8. The molecule has 92 valence electrons. The maximum absolute atomic E-state index is 11.4. The van der Waals surface area contributed by atoms with Gasteiger partial charge in [-0.1, -0.05) is 13.2 Å². The van der Waals surface area contributed by atoms with Crippen molar-refractivity contribution in [1.29, 1.82) is 0 Å². The molecule has 1 rings (SSSR count). The fraction of sp³-hybridized carbons (Fsp3) is 0. The zero-order chi connectivity index (χ0) is 13.2. The summed E-state index contributed by atoms with van der Waals surface area (Å²) in [5.74, 6) is 0. The van der Waals surface area contributed by atoms with Crippen LogP contribution in [0.4, 0.5) is 0 Å². The van der Waals surface area contributed by atoms with Crippen molar-refractivity contribution in [2.45, 2.75) is 0 Å². The van der Waals surface area contributed by atoms with E-state index in [1.807, 2.05) is 12.1 Å². The van der Waals surface area contributed by atoms with Crippen LogP contribution >= 0.6 is 67.8 Å². The highest BCUT2D eigenvalue weighted by Crippen LogP contribution is 2.26. The molecule has 0 saturated heterocycles. The molecule has 1 N–H and O–H groups in total. The lowest BCUT2D eigenvalue weighted by Crippen LogP contribution is -2.19. The maximum atomic E-state index is 11.4. The number of benzene rings is 1. The van der Waals surface area contributed by atoms with Crippen molar-refractivity contribution in [1.82, 2.24) is 4.72 Å². The van der Waals surface area contributed by atoms with Crippen LogP contribution in [-0.2, 0) is 10.0 Å². The lowest BCUT2D eigenvalue weighted by Gasteiger charge is -2.11. The van der Waals surface area contributed by atoms with Crippen LogP contribution in [-0.4, -0.2) is 8.42 Å². The van der Waals surface area contributed by atoms with E-state index in [-0.39, 0.29) is 0 Å². The average molecular weight is 587 g/mol. The Morgan fingerprint density at radius 3 is 2.41 bits per heavy atom. The minimum absolute atomic E-state index is 0.353. The summed E-state index contributed by atoms with van der Waals surface area (Å²) in [5.41, 5.74) is 1.14. The van der Waals surface area contributed by atoms with E-state index in [1.54, 1.807) is 0 Å². The van der Waals surface area contributed by atoms with Crippen molar-refractivity contribution in [2.24, 2.45) is 0 Å². The Labute approximate surface area is 142 Å². The van der Waals surface area contributed by atoms with E-state index in [4.69, 9.17) is 0 Å². The van der Waals surface area contributed by atoms with Crippen molar-refractivity contribution in [3.63, 3.8) is 0 Å². The van der Waals surface area contributed by atoms with Gasteiger partial charge in [0, 0.05) is 27.4 Å². The molecule has 0 saturated carbocycles. The van der Waals surface area contributed by atoms with Crippen LogP contribution in [0.1, 0.15) is 5.56 Å². The van der Waals surface area contributed by atoms with Gasteiger partial charge in [-0.2, -0.15) is 0 Å². The number of hydrogen-bond donors (Lipinski definition) is 1. The van der Waals surface area contributed by atoms with E-state index in [1.165, 1.54) is 0 Å². The molecular weight excluding hydrogens is 579 g/mol. The predicted octanol–water partition coefficient (Wildman–Crippen LogP) is 3.53. The molecule has 0 radical (unpaired) electrons. The first kappa shape index (κ1) is 15.7. The molecule has 0 fully saturated rings. The summed E-state index contributed by atoms with van der Waals surface area (Å²) in [6, 6.07) is 3.90. The Bertz CT molecular complexity index is 581. The number of hydrogen-bond acceptors (Lipinski definition) is 2. The Hall–Kier alpha value is 0.640. The summed E-state index contributed by atoms with van der Waals surface area (Å²) in [7, 11) is -3.50. The smallest absolute Gasteiger partial charge is 0.254 e. The topological polar surface area (TPSA) is 46.2 Å². The summed E-state index contributed by atoms with van der Waals surface area (Å²) >= 11 is 6.55. The molecule has 0 aliphatic heterocycles. The van der Waals surface area contributed by atoms with Crippen molar-refractivity contribution in [3.05, 3.63) is 47.0 Å². The molecule has 0 unspecified atom stereocenters. The van der Waals surface area contributed by atoms with E-state index in [9.17, 15) is 8.42 Å². The second-order valence-corrected chi connectivity index (χ2v) is 8.16. The van der Waals surface area contributed by atoms with Gasteiger partial charge in [-0.05, 0) is 79.9 Å². The second kappa shape index (κ2) is 6.19. The second-order valence-electron chi connectivity index (χ2n) is 3.04. The van der Waals surface area contributed by atoms with Crippen LogP contribution in [0.25, 0.3) is 5.70 Å². The fourth-order valence-corrected chi connectivity index (χ4v) is 4.06. The SMILES string of the molecule is C=CS(=O)(=O)NC(=C)c1cc(I)cc(I)c1I. The molecule has 0 amide bonds. The molecule has 0 atom stereocenters. The molecule has 0 aliphatic carbocycles. The van der Waals surface area contributed by atoms with Crippen LogP contribution in [0, 0.1) is 10.7 Å². The van der Waals surface area contributed by atoms with Crippen molar-refractivity contribution in [3.8, 4) is 0 Å². The number of nitrogens with one attached hydrogen (secondary N) is 1. The summed E-state index contributed by atoms with van der Waals surface area (Å²) in [4.78, 5) is 0. The Kier molecular flexibility index (Phi) is 5.72. The van der Waals surface area contributed by atoms with Gasteiger partial charge in [-0.25, -0.2) is 8.42 Å². The van der Waals surface area contributed by atoms with Crippen molar-refractivity contribution < 1.29 is 8.42 Å². The van der Waals surface area contributed by atoms with Crippen LogP contribution in [0.5, 0.6) is 0 Å². The summed E-state index contributed by atoms with van der Waals surface area (Å²) in [5, 5.41) is 0.865. The third-order valence-electron chi connectivity index (χ3n) is 1.80. The molecular formula is C10H8I3NO2S. The number of sulfonamides is 1. The first-order valence-corrected chi connectivity index (χ1v) is 9.04. The van der Waals surface area contributed by atoms with Gasteiger partial charge in [0.1, 0.15) is 0 Å². The normalized spacial score (nSPS) is 11.0. The highest BCUT2D eigenvalue weighted by Gasteiger charge is 2.12. The lowest BCUT2D eigenvalue weighted by molar-refractivity contribution is 0.600. The molecule has 0 bridgehead atoms. The molecule has 1 aromatic rings. The largest absolute Gasteiger partial charge is 0.280 e. The van der Waals surface area contributed by atoms with E-state index < -0.39 is 10.0 Å². The third-order valence-corrected chi connectivity index (χ3v) is 6.44. The summed E-state index contributed by atoms with van der Waals surface area (Å²) < 4.78 is 28.2. The first-order valence-electron chi connectivity index (χ1n) is 4.26. The third kappa shape index (κ3) is 4.35. The molecule has 0 aromatic heterocycles. The average Bonchev–Trinajstić information content (AvgIpc) is 2.22. The molecule has 0 heterocycles. The van der Waals surface area contributed by atoms with Crippen LogP contribution in [0.3, 0.4) is 0 Å². The maximum Gasteiger partial charge on any atom is 0.254 e. The van der Waals surface area contributed by atoms with Crippen LogP contribution in [0.2, 0.25) is 0 Å². The minimum atomic E-state index is -3.50. The van der Waals surface area contributed by atoms with Gasteiger partial charge in [0.15, 0.2) is 0 Å². The van der Waals surface area contributed by atoms with Crippen molar-refractivity contribution >= 4 is 83.5 Å². The zero-order valence-electron chi connectivity index (χ0n) is 8.50. The monoisotopic (exact) mass is 587 g/mol. The fourth-order valence-electron chi connectivity index (χ4n) is 1.04. The molecule has 17 heavy (non-hydrogen) atoms. The minimum Gasteiger partial charge on any atom is -0.280 e. The van der Waals surface area contributed by atoms with Gasteiger partial charge in [-0.3, -0.25) is 4.72 Å².